The number of hydrogen-bond donors (Lipinski definition) is 3. The van der Waals surface area contributed by atoms with Crippen LogP contribution in [0.15, 0.2) is 24.4 Å². The minimum atomic E-state index is -0.502. The van der Waals surface area contributed by atoms with E-state index < -0.39 is 11.3 Å². The lowest BCUT2D eigenvalue weighted by atomic mass is 9.75. The summed E-state index contributed by atoms with van der Waals surface area (Å²) in [7, 11) is 0. The van der Waals surface area contributed by atoms with E-state index in [4.69, 9.17) is 16.5 Å². The Kier molecular flexibility index (Phi) is 7.12. The van der Waals surface area contributed by atoms with Crippen LogP contribution in [0.4, 0.5) is 5.82 Å². The van der Waals surface area contributed by atoms with Crippen LogP contribution in [0.3, 0.4) is 0 Å². The number of nitrogens with two attached hydrogens (primary N) is 2. The molecule has 0 bridgehead atoms. The number of hydrogen-bond acceptors (Lipinski definition) is 6. The first-order chi connectivity index (χ1) is 17.8. The normalized spacial score (nSPS) is 12.5. The highest BCUT2D eigenvalue weighted by Crippen LogP contribution is 2.43. The molecule has 0 fully saturated rings. The highest BCUT2D eigenvalue weighted by molar-refractivity contribution is 6.04. The zero-order valence-corrected chi connectivity index (χ0v) is 23.6. The van der Waals surface area contributed by atoms with Crippen LogP contribution in [0, 0.1) is 0 Å². The summed E-state index contributed by atoms with van der Waals surface area (Å²) in [5, 5.41) is 11.5. The van der Waals surface area contributed by atoms with Crippen LogP contribution in [0.5, 0.6) is 5.75 Å². The van der Waals surface area contributed by atoms with E-state index in [1.54, 1.807) is 12.3 Å². The molecule has 4 rings (SSSR count). The summed E-state index contributed by atoms with van der Waals surface area (Å²) in [6.07, 6.45) is 5.00. The van der Waals surface area contributed by atoms with Crippen molar-refractivity contribution in [2.75, 3.05) is 5.73 Å². The van der Waals surface area contributed by atoms with Gasteiger partial charge in [0.2, 0.25) is 5.91 Å². The fraction of sp³-hybridized carbons (Fsp3) is 0.467. The van der Waals surface area contributed by atoms with Crippen molar-refractivity contribution in [3.8, 4) is 5.75 Å². The molecule has 0 aliphatic rings. The fourth-order valence-electron chi connectivity index (χ4n) is 5.33. The van der Waals surface area contributed by atoms with E-state index >= 15 is 0 Å². The molecule has 0 saturated carbocycles. The highest BCUT2D eigenvalue weighted by Gasteiger charge is 2.32. The number of amides is 1. The van der Waals surface area contributed by atoms with Gasteiger partial charge < -0.3 is 21.1 Å². The third kappa shape index (κ3) is 4.91. The topological polar surface area (TPSA) is 133 Å². The van der Waals surface area contributed by atoms with Gasteiger partial charge in [-0.3, -0.25) is 9.78 Å². The van der Waals surface area contributed by atoms with Crippen molar-refractivity contribution in [3.63, 3.8) is 0 Å². The van der Waals surface area contributed by atoms with Crippen LogP contribution in [-0.2, 0) is 30.2 Å². The Balaban J connectivity index is 1.95. The predicted molar refractivity (Wildman–Crippen MR) is 154 cm³/mol. The van der Waals surface area contributed by atoms with E-state index in [2.05, 4.69) is 21.5 Å². The van der Waals surface area contributed by atoms with Crippen LogP contribution < -0.4 is 11.5 Å². The molecule has 0 saturated heterocycles. The maximum absolute atomic E-state index is 12.8. The summed E-state index contributed by atoms with van der Waals surface area (Å²) in [6.45, 7) is 14.9. The molecule has 0 radical (unpaired) electrons. The van der Waals surface area contributed by atoms with Crippen molar-refractivity contribution >= 4 is 33.8 Å². The minimum absolute atomic E-state index is 0.229. The first kappa shape index (κ1) is 27.4. The molecule has 38 heavy (non-hydrogen) atoms. The Morgan fingerprint density at radius 1 is 1.05 bits per heavy atom. The van der Waals surface area contributed by atoms with Gasteiger partial charge in [0.15, 0.2) is 5.82 Å². The number of aromatic nitrogens is 4. The number of anilines is 1. The lowest BCUT2D eigenvalue weighted by Gasteiger charge is -2.31. The van der Waals surface area contributed by atoms with Gasteiger partial charge in [0, 0.05) is 35.9 Å². The number of nitrogens with zero attached hydrogens (tertiary/aromatic N) is 4. The maximum atomic E-state index is 12.8. The number of carbonyl (C=O) groups excluding carboxylic acids is 1. The standard InChI is InChI=1S/C30H40N6O2/c1-8-9-12-21-35-24-25(23-20(34-27(24)31)11-10-14-33-23)36(21)15-13-17-18(28(32)38)16-19(29(2,3)4)26(37)22(17)30(5,6)7/h10-11,14,16,37H,8-9,12-13,15H2,1-7H3,(H2,31,34)(H2,32,38). The summed E-state index contributed by atoms with van der Waals surface area (Å²) in [5.74, 6) is 1.00. The first-order valence-electron chi connectivity index (χ1n) is 13.3. The second-order valence-electron chi connectivity index (χ2n) is 12.1. The second-order valence-corrected chi connectivity index (χ2v) is 12.1. The minimum Gasteiger partial charge on any atom is -0.507 e. The highest BCUT2D eigenvalue weighted by atomic mass is 16.3. The van der Waals surface area contributed by atoms with Crippen LogP contribution in [0.1, 0.15) is 94.2 Å². The molecule has 8 heteroatoms. The summed E-state index contributed by atoms with van der Waals surface area (Å²) in [5.41, 5.74) is 17.1. The van der Waals surface area contributed by atoms with Crippen molar-refractivity contribution in [2.24, 2.45) is 5.73 Å². The van der Waals surface area contributed by atoms with Crippen molar-refractivity contribution < 1.29 is 9.90 Å². The predicted octanol–water partition coefficient (Wildman–Crippen LogP) is 5.55. The number of carbonyl (C=O) groups is 1. The average molecular weight is 517 g/mol. The molecule has 202 valence electrons. The summed E-state index contributed by atoms with van der Waals surface area (Å²) in [4.78, 5) is 26.8. The molecule has 3 heterocycles. The van der Waals surface area contributed by atoms with Crippen molar-refractivity contribution in [2.45, 2.75) is 91.5 Å². The summed E-state index contributed by atoms with van der Waals surface area (Å²) in [6, 6.07) is 5.51. The molecule has 1 amide bonds. The van der Waals surface area contributed by atoms with Gasteiger partial charge >= 0.3 is 0 Å². The molecular weight excluding hydrogens is 476 g/mol. The van der Waals surface area contributed by atoms with E-state index in [-0.39, 0.29) is 11.2 Å². The quantitative estimate of drug-likeness (QED) is 0.295. The van der Waals surface area contributed by atoms with Gasteiger partial charge in [-0.15, -0.1) is 0 Å². The number of phenolic OH excluding ortho intramolecular Hbond substituents is 1. The number of aryl methyl sites for hydroxylation is 2. The zero-order valence-electron chi connectivity index (χ0n) is 23.6. The van der Waals surface area contributed by atoms with E-state index in [0.29, 0.717) is 40.9 Å². The average Bonchev–Trinajstić information content (AvgIpc) is 3.18. The van der Waals surface area contributed by atoms with E-state index in [1.165, 1.54) is 0 Å². The molecular formula is C30H40N6O2. The molecule has 0 atom stereocenters. The number of fused-ring (bicyclic) bond motifs is 3. The Morgan fingerprint density at radius 2 is 1.76 bits per heavy atom. The second kappa shape index (κ2) is 9.89. The number of unbranched alkanes of at least 4 members (excludes halogenated alkanes) is 1. The number of primary amides is 1. The number of aromatic hydroxyl groups is 1. The van der Waals surface area contributed by atoms with E-state index in [1.807, 2.05) is 53.7 Å². The van der Waals surface area contributed by atoms with E-state index in [0.717, 1.165) is 47.2 Å². The van der Waals surface area contributed by atoms with Gasteiger partial charge in [-0.25, -0.2) is 9.97 Å². The van der Waals surface area contributed by atoms with Gasteiger partial charge in [-0.2, -0.15) is 0 Å². The first-order valence-corrected chi connectivity index (χ1v) is 13.3. The summed E-state index contributed by atoms with van der Waals surface area (Å²) < 4.78 is 2.16. The maximum Gasteiger partial charge on any atom is 0.249 e. The van der Waals surface area contributed by atoms with Gasteiger partial charge in [-0.05, 0) is 47.4 Å². The Bertz CT molecular complexity index is 1520. The molecule has 0 unspecified atom stereocenters. The number of rotatable bonds is 7. The third-order valence-electron chi connectivity index (χ3n) is 7.11. The molecule has 8 nitrogen and oxygen atoms in total. The summed E-state index contributed by atoms with van der Waals surface area (Å²) >= 11 is 0. The van der Waals surface area contributed by atoms with Crippen LogP contribution in [0.2, 0.25) is 0 Å². The van der Waals surface area contributed by atoms with Gasteiger partial charge in [0.1, 0.15) is 28.1 Å². The van der Waals surface area contributed by atoms with Gasteiger partial charge in [-0.1, -0.05) is 54.9 Å². The Labute approximate surface area is 224 Å². The zero-order chi connectivity index (χ0) is 28.0. The number of nitrogen functional groups attached to an aromatic ring is 1. The fourth-order valence-corrected chi connectivity index (χ4v) is 5.33. The van der Waals surface area contributed by atoms with Crippen LogP contribution in [-0.4, -0.2) is 30.5 Å². The van der Waals surface area contributed by atoms with E-state index in [9.17, 15) is 9.90 Å². The molecule has 1 aromatic carbocycles. The van der Waals surface area contributed by atoms with Crippen molar-refractivity contribution in [1.29, 1.82) is 0 Å². The van der Waals surface area contributed by atoms with Crippen LogP contribution >= 0.6 is 0 Å². The number of pyridine rings is 2. The number of benzene rings is 1. The monoisotopic (exact) mass is 516 g/mol. The Morgan fingerprint density at radius 3 is 2.37 bits per heavy atom. The lowest BCUT2D eigenvalue weighted by Crippen LogP contribution is -2.25. The number of phenols is 1. The van der Waals surface area contributed by atoms with Gasteiger partial charge in [0.05, 0.1) is 5.52 Å². The molecule has 0 aliphatic heterocycles. The van der Waals surface area contributed by atoms with Crippen molar-refractivity contribution in [3.05, 3.63) is 52.5 Å². The van der Waals surface area contributed by atoms with Gasteiger partial charge in [0.25, 0.3) is 0 Å². The molecule has 4 aromatic rings. The third-order valence-corrected chi connectivity index (χ3v) is 7.11. The molecule has 3 aromatic heterocycles. The largest absolute Gasteiger partial charge is 0.507 e. The smallest absolute Gasteiger partial charge is 0.249 e. The van der Waals surface area contributed by atoms with Crippen molar-refractivity contribution in [1.82, 2.24) is 19.5 Å². The molecule has 5 N–H and O–H groups in total. The SMILES string of the molecule is CCCCc1nc2c(N)nc3cccnc3c2n1CCc1c(C(N)=O)cc(C(C)(C)C)c(O)c1C(C)(C)C. The molecule has 0 aliphatic carbocycles. The lowest BCUT2D eigenvalue weighted by molar-refractivity contribution is 0.0999. The van der Waals surface area contributed by atoms with Crippen LogP contribution in [0.25, 0.3) is 22.1 Å². The number of imidazole rings is 1. The molecule has 0 spiro atoms. The Hall–Kier alpha value is -3.68.